The van der Waals surface area contributed by atoms with Crippen molar-refractivity contribution in [3.05, 3.63) is 79.7 Å². The Morgan fingerprint density at radius 1 is 1.17 bits per heavy atom. The van der Waals surface area contributed by atoms with E-state index in [1.54, 1.807) is 31.4 Å². The Morgan fingerprint density at radius 2 is 1.93 bits per heavy atom. The normalized spacial score (nSPS) is 11.0. The molecule has 1 amide bonds. The Kier molecular flexibility index (Phi) is 7.02. The molecule has 0 bridgehead atoms. The van der Waals surface area contributed by atoms with Gasteiger partial charge in [-0.25, -0.2) is 9.18 Å². The van der Waals surface area contributed by atoms with E-state index in [-0.39, 0.29) is 24.7 Å². The summed E-state index contributed by atoms with van der Waals surface area (Å²) in [5.74, 6) is -0.909. The lowest BCUT2D eigenvalue weighted by Gasteiger charge is -2.14. The van der Waals surface area contributed by atoms with Crippen LogP contribution in [0, 0.1) is 5.82 Å². The van der Waals surface area contributed by atoms with Crippen LogP contribution in [0.1, 0.15) is 12.0 Å². The Hall–Kier alpha value is -2.97. The summed E-state index contributed by atoms with van der Waals surface area (Å²) in [6.45, 7) is 0.390. The van der Waals surface area contributed by atoms with Crippen molar-refractivity contribution >= 4 is 28.4 Å². The summed E-state index contributed by atoms with van der Waals surface area (Å²) in [5.41, 5.74) is -0.0372. The maximum absolute atomic E-state index is 13.2. The molecule has 0 spiro atoms. The SMILES string of the molecule is COCCCn1c(=O)c2ccccc2n(CC(=O)NCc2ccc(F)cc2Cl)c1=O. The monoisotopic (exact) mass is 433 g/mol. The van der Waals surface area contributed by atoms with Crippen LogP contribution in [0.5, 0.6) is 0 Å². The molecule has 1 heterocycles. The largest absolute Gasteiger partial charge is 0.385 e. The molecule has 3 aromatic rings. The molecular weight excluding hydrogens is 413 g/mol. The lowest BCUT2D eigenvalue weighted by Crippen LogP contribution is -2.42. The summed E-state index contributed by atoms with van der Waals surface area (Å²) in [7, 11) is 1.54. The van der Waals surface area contributed by atoms with Gasteiger partial charge in [-0.15, -0.1) is 0 Å². The molecule has 0 saturated heterocycles. The third kappa shape index (κ3) is 4.77. The first-order valence-electron chi connectivity index (χ1n) is 9.34. The summed E-state index contributed by atoms with van der Waals surface area (Å²) in [5, 5.41) is 3.22. The molecule has 0 aliphatic heterocycles. The van der Waals surface area contributed by atoms with E-state index < -0.39 is 23.0 Å². The number of fused-ring (bicyclic) bond motifs is 1. The number of nitrogens with one attached hydrogen (secondary N) is 1. The molecule has 7 nitrogen and oxygen atoms in total. The number of benzene rings is 2. The Morgan fingerprint density at radius 3 is 2.67 bits per heavy atom. The van der Waals surface area contributed by atoms with Crippen molar-refractivity contribution in [3.63, 3.8) is 0 Å². The minimum Gasteiger partial charge on any atom is -0.385 e. The predicted octanol–water partition coefficient (Wildman–Crippen LogP) is 2.31. The molecule has 0 aliphatic rings. The highest BCUT2D eigenvalue weighted by Crippen LogP contribution is 2.17. The maximum atomic E-state index is 13.2. The van der Waals surface area contributed by atoms with E-state index in [1.165, 1.54) is 16.7 Å². The molecular formula is C21H21ClFN3O4. The first-order chi connectivity index (χ1) is 14.4. The van der Waals surface area contributed by atoms with Gasteiger partial charge in [0.1, 0.15) is 12.4 Å². The minimum absolute atomic E-state index is 0.0815. The van der Waals surface area contributed by atoms with Gasteiger partial charge < -0.3 is 10.1 Å². The second-order valence-corrected chi connectivity index (χ2v) is 7.11. The number of nitrogens with zero attached hydrogens (tertiary/aromatic N) is 2. The number of para-hydroxylation sites is 1. The molecule has 0 atom stereocenters. The fourth-order valence-electron chi connectivity index (χ4n) is 3.15. The summed E-state index contributed by atoms with van der Waals surface area (Å²) in [6.07, 6.45) is 0.485. The number of methoxy groups -OCH3 is 1. The molecule has 9 heteroatoms. The lowest BCUT2D eigenvalue weighted by molar-refractivity contribution is -0.121. The molecule has 1 aromatic heterocycles. The highest BCUT2D eigenvalue weighted by atomic mass is 35.5. The highest BCUT2D eigenvalue weighted by Gasteiger charge is 2.15. The van der Waals surface area contributed by atoms with Crippen LogP contribution in [-0.4, -0.2) is 28.8 Å². The van der Waals surface area contributed by atoms with Gasteiger partial charge in [-0.3, -0.25) is 18.7 Å². The van der Waals surface area contributed by atoms with Crippen molar-refractivity contribution in [2.75, 3.05) is 13.7 Å². The molecule has 0 radical (unpaired) electrons. The van der Waals surface area contributed by atoms with Gasteiger partial charge in [0.25, 0.3) is 5.56 Å². The van der Waals surface area contributed by atoms with E-state index in [4.69, 9.17) is 16.3 Å². The Balaban J connectivity index is 1.87. The van der Waals surface area contributed by atoms with Gasteiger partial charge in [0.05, 0.1) is 10.9 Å². The number of carbonyl (C=O) groups excluding carboxylic acids is 1. The van der Waals surface area contributed by atoms with Gasteiger partial charge >= 0.3 is 5.69 Å². The number of amides is 1. The lowest BCUT2D eigenvalue weighted by atomic mass is 10.2. The minimum atomic E-state index is -0.565. The fraction of sp³-hybridized carbons (Fsp3) is 0.286. The number of carbonyl (C=O) groups is 1. The van der Waals surface area contributed by atoms with Crippen molar-refractivity contribution in [3.8, 4) is 0 Å². The number of aromatic nitrogens is 2. The van der Waals surface area contributed by atoms with E-state index in [1.807, 2.05) is 0 Å². The van der Waals surface area contributed by atoms with Gasteiger partial charge in [-0.05, 0) is 36.2 Å². The van der Waals surface area contributed by atoms with Crippen molar-refractivity contribution in [2.45, 2.75) is 26.1 Å². The van der Waals surface area contributed by atoms with Crippen molar-refractivity contribution in [2.24, 2.45) is 0 Å². The van der Waals surface area contributed by atoms with Gasteiger partial charge in [-0.2, -0.15) is 0 Å². The first-order valence-corrected chi connectivity index (χ1v) is 9.72. The molecule has 2 aromatic carbocycles. The number of halogens is 2. The predicted molar refractivity (Wildman–Crippen MR) is 112 cm³/mol. The smallest absolute Gasteiger partial charge is 0.331 e. The topological polar surface area (TPSA) is 82.3 Å². The van der Waals surface area contributed by atoms with Crippen LogP contribution in [0.3, 0.4) is 0 Å². The fourth-order valence-corrected chi connectivity index (χ4v) is 3.38. The second-order valence-electron chi connectivity index (χ2n) is 6.70. The standard InChI is InChI=1S/C21H21ClFN3O4/c1-30-10-4-9-25-20(28)16-5-2-3-6-18(16)26(21(25)29)13-19(27)24-12-14-7-8-15(23)11-17(14)22/h2-3,5-8,11H,4,9-10,12-13H2,1H3,(H,24,27). The van der Waals surface area contributed by atoms with E-state index >= 15 is 0 Å². The van der Waals surface area contributed by atoms with Gasteiger partial charge in [0, 0.05) is 31.8 Å². The maximum Gasteiger partial charge on any atom is 0.331 e. The van der Waals surface area contributed by atoms with E-state index in [2.05, 4.69) is 5.32 Å². The van der Waals surface area contributed by atoms with Crippen molar-refractivity contribution < 1.29 is 13.9 Å². The highest BCUT2D eigenvalue weighted by molar-refractivity contribution is 6.31. The zero-order chi connectivity index (χ0) is 21.7. The van der Waals surface area contributed by atoms with E-state index in [0.29, 0.717) is 29.5 Å². The van der Waals surface area contributed by atoms with Crippen molar-refractivity contribution in [1.29, 1.82) is 0 Å². The number of hydrogen-bond donors (Lipinski definition) is 1. The number of rotatable bonds is 8. The quantitative estimate of drug-likeness (QED) is 0.553. The van der Waals surface area contributed by atoms with Crippen LogP contribution in [0.4, 0.5) is 4.39 Å². The molecule has 0 unspecified atom stereocenters. The molecule has 158 valence electrons. The molecule has 0 aliphatic carbocycles. The average molecular weight is 434 g/mol. The third-order valence-electron chi connectivity index (χ3n) is 4.66. The van der Waals surface area contributed by atoms with Gasteiger partial charge in [-0.1, -0.05) is 29.8 Å². The van der Waals surface area contributed by atoms with Crippen LogP contribution in [0.15, 0.2) is 52.1 Å². The van der Waals surface area contributed by atoms with Crippen LogP contribution >= 0.6 is 11.6 Å². The Bertz CT molecular complexity index is 1190. The van der Waals surface area contributed by atoms with E-state index in [9.17, 15) is 18.8 Å². The zero-order valence-corrected chi connectivity index (χ0v) is 17.1. The molecule has 3 rings (SSSR count). The van der Waals surface area contributed by atoms with Gasteiger partial charge in [0.2, 0.25) is 5.91 Å². The molecule has 1 N–H and O–H groups in total. The number of ether oxygens (including phenoxy) is 1. The van der Waals surface area contributed by atoms with Gasteiger partial charge in [0.15, 0.2) is 0 Å². The van der Waals surface area contributed by atoms with Crippen LogP contribution < -0.4 is 16.6 Å². The summed E-state index contributed by atoms with van der Waals surface area (Å²) in [6, 6.07) is 10.5. The molecule has 0 saturated carbocycles. The number of hydrogen-bond acceptors (Lipinski definition) is 4. The average Bonchev–Trinajstić information content (AvgIpc) is 2.73. The van der Waals surface area contributed by atoms with Crippen LogP contribution in [0.25, 0.3) is 10.9 Å². The zero-order valence-electron chi connectivity index (χ0n) is 16.4. The summed E-state index contributed by atoms with van der Waals surface area (Å²) in [4.78, 5) is 38.2. The summed E-state index contributed by atoms with van der Waals surface area (Å²) >= 11 is 5.98. The summed E-state index contributed by atoms with van der Waals surface area (Å²) < 4.78 is 20.5. The van der Waals surface area contributed by atoms with Crippen LogP contribution in [-0.2, 0) is 29.2 Å². The van der Waals surface area contributed by atoms with Crippen LogP contribution in [0.2, 0.25) is 5.02 Å². The Labute approximate surface area is 176 Å². The van der Waals surface area contributed by atoms with E-state index in [0.717, 1.165) is 10.6 Å². The first kappa shape index (κ1) is 21.7. The second kappa shape index (κ2) is 9.69. The molecule has 30 heavy (non-hydrogen) atoms. The third-order valence-corrected chi connectivity index (χ3v) is 5.01. The van der Waals surface area contributed by atoms with Crippen molar-refractivity contribution in [1.82, 2.24) is 14.5 Å². The molecule has 0 fully saturated rings.